The Labute approximate surface area is 148 Å². The van der Waals surface area contributed by atoms with E-state index in [-0.39, 0.29) is 12.0 Å². The van der Waals surface area contributed by atoms with Crippen LogP contribution < -0.4 is 10.6 Å². The fourth-order valence-corrected chi connectivity index (χ4v) is 2.52. The van der Waals surface area contributed by atoms with E-state index in [2.05, 4.69) is 24.5 Å². The second-order valence-corrected chi connectivity index (χ2v) is 6.07. The van der Waals surface area contributed by atoms with Gasteiger partial charge >= 0.3 is 12.0 Å². The lowest BCUT2D eigenvalue weighted by atomic mass is 9.98. The first-order chi connectivity index (χ1) is 11.9. The van der Waals surface area contributed by atoms with Crippen molar-refractivity contribution in [3.05, 3.63) is 59.2 Å². The van der Waals surface area contributed by atoms with Gasteiger partial charge in [-0.3, -0.25) is 0 Å². The van der Waals surface area contributed by atoms with Crippen molar-refractivity contribution in [2.75, 3.05) is 17.2 Å². The van der Waals surface area contributed by atoms with Crippen LogP contribution in [0.5, 0.6) is 0 Å². The zero-order valence-corrected chi connectivity index (χ0v) is 15.1. The molecule has 0 aliphatic heterocycles. The quantitative estimate of drug-likeness (QED) is 0.758. The summed E-state index contributed by atoms with van der Waals surface area (Å²) in [5.41, 5.74) is 3.99. The predicted molar refractivity (Wildman–Crippen MR) is 100 cm³/mol. The Morgan fingerprint density at radius 1 is 1.04 bits per heavy atom. The van der Waals surface area contributed by atoms with Gasteiger partial charge in [0.25, 0.3) is 0 Å². The monoisotopic (exact) mass is 340 g/mol. The minimum atomic E-state index is -0.375. The largest absolute Gasteiger partial charge is 0.462 e. The van der Waals surface area contributed by atoms with Gasteiger partial charge in [-0.2, -0.15) is 0 Å². The lowest BCUT2D eigenvalue weighted by Gasteiger charge is -2.17. The number of urea groups is 1. The number of esters is 1. The summed E-state index contributed by atoms with van der Waals surface area (Å²) in [6.45, 7) is 8.23. The van der Waals surface area contributed by atoms with Gasteiger partial charge in [-0.1, -0.05) is 32.0 Å². The van der Waals surface area contributed by atoms with Gasteiger partial charge in [0.05, 0.1) is 12.2 Å². The summed E-state index contributed by atoms with van der Waals surface area (Å²) in [7, 11) is 0. The van der Waals surface area contributed by atoms with Gasteiger partial charge in [0.2, 0.25) is 0 Å². The number of anilines is 2. The molecule has 2 N–H and O–H groups in total. The van der Waals surface area contributed by atoms with Gasteiger partial charge in [0, 0.05) is 11.4 Å². The number of carbonyl (C=O) groups is 2. The Kier molecular flexibility index (Phi) is 6.17. The molecule has 0 bridgehead atoms. The summed E-state index contributed by atoms with van der Waals surface area (Å²) >= 11 is 0. The van der Waals surface area contributed by atoms with Crippen molar-refractivity contribution in [1.29, 1.82) is 0 Å². The number of hydrogen-bond acceptors (Lipinski definition) is 3. The van der Waals surface area contributed by atoms with Crippen LogP contribution in [0.25, 0.3) is 0 Å². The van der Waals surface area contributed by atoms with Crippen molar-refractivity contribution < 1.29 is 14.3 Å². The molecular weight excluding hydrogens is 316 g/mol. The van der Waals surface area contributed by atoms with Crippen molar-refractivity contribution >= 4 is 23.4 Å². The molecule has 0 spiro atoms. The van der Waals surface area contributed by atoms with Gasteiger partial charge in [-0.15, -0.1) is 0 Å². The highest BCUT2D eigenvalue weighted by molar-refractivity contribution is 6.01. The number of benzene rings is 2. The third-order valence-corrected chi connectivity index (χ3v) is 3.82. The lowest BCUT2D eigenvalue weighted by molar-refractivity contribution is 0.0526. The highest BCUT2D eigenvalue weighted by atomic mass is 16.5. The van der Waals surface area contributed by atoms with Crippen LogP contribution in [0, 0.1) is 6.92 Å². The van der Waals surface area contributed by atoms with E-state index in [4.69, 9.17) is 4.74 Å². The minimum Gasteiger partial charge on any atom is -0.462 e. The molecule has 0 aromatic heterocycles. The molecule has 5 heteroatoms. The van der Waals surface area contributed by atoms with Gasteiger partial charge < -0.3 is 15.4 Å². The number of hydrogen-bond donors (Lipinski definition) is 2. The van der Waals surface area contributed by atoms with Gasteiger partial charge in [0.15, 0.2) is 0 Å². The number of nitrogens with one attached hydrogen (secondary N) is 2. The normalized spacial score (nSPS) is 10.4. The summed E-state index contributed by atoms with van der Waals surface area (Å²) in [4.78, 5) is 24.0. The highest BCUT2D eigenvalue weighted by Gasteiger charge is 2.12. The smallest absolute Gasteiger partial charge is 0.338 e. The molecule has 2 aromatic carbocycles. The summed E-state index contributed by atoms with van der Waals surface area (Å²) in [6.07, 6.45) is 0. The third kappa shape index (κ3) is 4.83. The molecule has 2 aromatic rings. The maximum absolute atomic E-state index is 12.3. The maximum atomic E-state index is 12.3. The van der Waals surface area contributed by atoms with Crippen LogP contribution in [-0.2, 0) is 4.74 Å². The Morgan fingerprint density at radius 2 is 1.72 bits per heavy atom. The van der Waals surface area contributed by atoms with Gasteiger partial charge in [-0.05, 0) is 55.2 Å². The Balaban J connectivity index is 2.07. The molecule has 25 heavy (non-hydrogen) atoms. The van der Waals surface area contributed by atoms with E-state index in [1.54, 1.807) is 31.2 Å². The first kappa shape index (κ1) is 18.5. The van der Waals surface area contributed by atoms with Crippen LogP contribution >= 0.6 is 0 Å². The van der Waals surface area contributed by atoms with Crippen molar-refractivity contribution in [1.82, 2.24) is 0 Å². The molecule has 2 amide bonds. The number of para-hydroxylation sites is 1. The lowest BCUT2D eigenvalue weighted by Crippen LogP contribution is -2.21. The summed E-state index contributed by atoms with van der Waals surface area (Å²) in [6, 6.07) is 12.3. The van der Waals surface area contributed by atoms with Crippen LogP contribution in [0.1, 0.15) is 48.2 Å². The van der Waals surface area contributed by atoms with Crippen molar-refractivity contribution in [2.24, 2.45) is 0 Å². The number of aryl methyl sites for hydroxylation is 1. The van der Waals surface area contributed by atoms with E-state index in [1.807, 2.05) is 25.1 Å². The molecule has 5 nitrogen and oxygen atoms in total. The molecule has 0 saturated heterocycles. The Hall–Kier alpha value is -2.82. The maximum Gasteiger partial charge on any atom is 0.338 e. The Bertz CT molecular complexity index is 752. The van der Waals surface area contributed by atoms with Crippen LogP contribution in [0.4, 0.5) is 16.2 Å². The SMILES string of the molecule is CCOC(=O)c1ccc(NC(=O)Nc2c(C)cccc2C(C)C)cc1. The molecule has 0 aliphatic rings. The first-order valence-electron chi connectivity index (χ1n) is 8.37. The standard InChI is InChI=1S/C20H24N2O3/c1-5-25-19(23)15-9-11-16(12-10-15)21-20(24)22-18-14(4)7-6-8-17(18)13(2)3/h6-13H,5H2,1-4H3,(H2,21,22,24). The van der Waals surface area contributed by atoms with Crippen LogP contribution in [0.15, 0.2) is 42.5 Å². The molecule has 132 valence electrons. The average Bonchev–Trinajstić information content (AvgIpc) is 2.57. The number of amides is 2. The molecule has 0 radical (unpaired) electrons. The molecule has 0 atom stereocenters. The number of ether oxygens (including phenoxy) is 1. The molecule has 0 aliphatic carbocycles. The first-order valence-corrected chi connectivity index (χ1v) is 8.37. The summed E-state index contributed by atoms with van der Waals surface area (Å²) < 4.78 is 4.94. The summed E-state index contributed by atoms with van der Waals surface area (Å²) in [5.74, 6) is -0.0703. The van der Waals surface area contributed by atoms with E-state index in [0.717, 1.165) is 16.8 Å². The van der Waals surface area contributed by atoms with Crippen LogP contribution in [0.3, 0.4) is 0 Å². The average molecular weight is 340 g/mol. The van der Waals surface area contributed by atoms with Crippen molar-refractivity contribution in [3.8, 4) is 0 Å². The van der Waals surface area contributed by atoms with Gasteiger partial charge in [0.1, 0.15) is 0 Å². The van der Waals surface area contributed by atoms with E-state index in [9.17, 15) is 9.59 Å². The van der Waals surface area contributed by atoms with Crippen molar-refractivity contribution in [3.63, 3.8) is 0 Å². The van der Waals surface area contributed by atoms with E-state index in [1.165, 1.54) is 0 Å². The van der Waals surface area contributed by atoms with E-state index >= 15 is 0 Å². The van der Waals surface area contributed by atoms with E-state index < -0.39 is 0 Å². The Morgan fingerprint density at radius 3 is 2.32 bits per heavy atom. The molecule has 0 unspecified atom stereocenters. The summed E-state index contributed by atoms with van der Waals surface area (Å²) in [5, 5.41) is 5.70. The zero-order valence-electron chi connectivity index (χ0n) is 15.1. The second-order valence-electron chi connectivity index (χ2n) is 6.07. The molecule has 2 rings (SSSR count). The van der Waals surface area contributed by atoms with Crippen LogP contribution in [-0.4, -0.2) is 18.6 Å². The number of carbonyl (C=O) groups excluding carboxylic acids is 2. The van der Waals surface area contributed by atoms with Crippen molar-refractivity contribution in [2.45, 2.75) is 33.6 Å². The predicted octanol–water partition coefficient (Wildman–Crippen LogP) is 4.94. The molecular formula is C20H24N2O3. The van der Waals surface area contributed by atoms with Crippen LogP contribution in [0.2, 0.25) is 0 Å². The second kappa shape index (κ2) is 8.33. The minimum absolute atomic E-state index is 0.305. The fourth-order valence-electron chi connectivity index (χ4n) is 2.52. The van der Waals surface area contributed by atoms with E-state index in [0.29, 0.717) is 23.8 Å². The molecule has 0 saturated carbocycles. The molecule has 0 fully saturated rings. The van der Waals surface area contributed by atoms with Gasteiger partial charge in [-0.25, -0.2) is 9.59 Å². The third-order valence-electron chi connectivity index (χ3n) is 3.82. The number of rotatable bonds is 5. The topological polar surface area (TPSA) is 67.4 Å². The highest BCUT2D eigenvalue weighted by Crippen LogP contribution is 2.27. The molecule has 0 heterocycles. The zero-order chi connectivity index (χ0) is 18.4. The fraction of sp³-hybridized carbons (Fsp3) is 0.300.